The van der Waals surface area contributed by atoms with Crippen molar-refractivity contribution in [1.29, 1.82) is 0 Å². The van der Waals surface area contributed by atoms with Crippen molar-refractivity contribution >= 4 is 5.91 Å². The van der Waals surface area contributed by atoms with Crippen LogP contribution in [0.1, 0.15) is 119 Å². The van der Waals surface area contributed by atoms with Crippen molar-refractivity contribution in [2.24, 2.45) is 56.7 Å². The minimum atomic E-state index is -1.26. The highest BCUT2D eigenvalue weighted by molar-refractivity contribution is 5.76. The summed E-state index contributed by atoms with van der Waals surface area (Å²) in [5.74, 6) is 2.15. The lowest BCUT2D eigenvalue weighted by atomic mass is 9.41. The lowest BCUT2D eigenvalue weighted by Gasteiger charge is -2.64. The van der Waals surface area contributed by atoms with Crippen LogP contribution in [0.3, 0.4) is 0 Å². The second-order valence-electron chi connectivity index (χ2n) is 20.2. The van der Waals surface area contributed by atoms with Crippen LogP contribution in [-0.2, 0) is 23.7 Å². The second kappa shape index (κ2) is 12.1. The number of hydrogen-bond acceptors (Lipinski definition) is 8. The van der Waals surface area contributed by atoms with E-state index in [1.807, 2.05) is 4.90 Å². The SMILES string of the molecule is CC1CC(C(O)C(C)(C)O)OC2C1C1(C)CCC34CC35CCC(OC3CN(C(=O)CC6CCOCC6)CCO3)C(C)(C)C5CCC4C1(C)C2O. The molecule has 9 heteroatoms. The number of rotatable bonds is 6. The number of carbonyl (C=O) groups excluding carboxylic acids is 1. The van der Waals surface area contributed by atoms with E-state index in [4.69, 9.17) is 18.9 Å². The molecular formula is C41H67NO8. The molecule has 3 heterocycles. The summed E-state index contributed by atoms with van der Waals surface area (Å²) in [6.07, 6.45) is 8.56. The van der Waals surface area contributed by atoms with E-state index in [1.165, 1.54) is 12.8 Å². The molecule has 0 radical (unpaired) electrons. The predicted molar refractivity (Wildman–Crippen MR) is 188 cm³/mol. The molecule has 3 saturated heterocycles. The Morgan fingerprint density at radius 3 is 2.40 bits per heavy atom. The van der Waals surface area contributed by atoms with Gasteiger partial charge in [-0.05, 0) is 129 Å². The van der Waals surface area contributed by atoms with Gasteiger partial charge in [0.25, 0.3) is 0 Å². The molecule has 5 aliphatic carbocycles. The van der Waals surface area contributed by atoms with Gasteiger partial charge in [0, 0.05) is 31.6 Å². The Bertz CT molecular complexity index is 1310. The molecule has 0 aromatic carbocycles. The van der Waals surface area contributed by atoms with Gasteiger partial charge < -0.3 is 39.2 Å². The zero-order valence-corrected chi connectivity index (χ0v) is 32.0. The summed E-state index contributed by atoms with van der Waals surface area (Å²) in [6.45, 7) is 18.5. The Morgan fingerprint density at radius 1 is 0.980 bits per heavy atom. The van der Waals surface area contributed by atoms with Gasteiger partial charge in [-0.15, -0.1) is 0 Å². The molecule has 3 aliphatic heterocycles. The fourth-order valence-electron chi connectivity index (χ4n) is 14.7. The van der Waals surface area contributed by atoms with Gasteiger partial charge in [0.15, 0.2) is 6.29 Å². The Morgan fingerprint density at radius 2 is 1.68 bits per heavy atom. The fourth-order valence-corrected chi connectivity index (χ4v) is 14.7. The molecule has 0 aromatic rings. The first-order chi connectivity index (χ1) is 23.5. The summed E-state index contributed by atoms with van der Waals surface area (Å²) in [5.41, 5.74) is -1.08. The van der Waals surface area contributed by atoms with Crippen LogP contribution < -0.4 is 0 Å². The number of amides is 1. The number of hydrogen-bond donors (Lipinski definition) is 3. The maximum atomic E-state index is 13.3. The van der Waals surface area contributed by atoms with Crippen molar-refractivity contribution in [3.8, 4) is 0 Å². The highest BCUT2D eigenvalue weighted by atomic mass is 16.7. The van der Waals surface area contributed by atoms with E-state index in [9.17, 15) is 20.1 Å². The number of ether oxygens (including phenoxy) is 4. The first-order valence-corrected chi connectivity index (χ1v) is 20.4. The van der Waals surface area contributed by atoms with Crippen LogP contribution >= 0.6 is 0 Å². The molecule has 14 atom stereocenters. The molecule has 8 fully saturated rings. The molecule has 0 aromatic heterocycles. The van der Waals surface area contributed by atoms with E-state index < -0.39 is 23.9 Å². The summed E-state index contributed by atoms with van der Waals surface area (Å²) in [4.78, 5) is 15.2. The third-order valence-electron chi connectivity index (χ3n) is 17.3. The van der Waals surface area contributed by atoms with Gasteiger partial charge in [0.05, 0.1) is 43.2 Å². The standard InChI is InChI=1S/C41H67NO8/c1-24-20-26(34(44)37(4,5)46)49-33-32(24)38(6)14-15-41-23-40(41)13-10-29(36(2,3)27(40)8-9-28(41)39(38,7)35(33)45)50-31-22-42(16-19-48-31)30(43)21-25-11-17-47-18-12-25/h24-29,31-35,44-46H,8-23H2,1-7H3. The summed E-state index contributed by atoms with van der Waals surface area (Å²) in [7, 11) is 0. The van der Waals surface area contributed by atoms with E-state index in [1.54, 1.807) is 13.8 Å². The van der Waals surface area contributed by atoms with Crippen LogP contribution in [0, 0.1) is 56.7 Å². The van der Waals surface area contributed by atoms with Gasteiger partial charge in [0.1, 0.15) is 6.10 Å². The lowest BCUT2D eigenvalue weighted by molar-refractivity contribution is -0.248. The lowest BCUT2D eigenvalue weighted by Crippen LogP contribution is -2.60. The van der Waals surface area contributed by atoms with Crippen molar-refractivity contribution in [1.82, 2.24) is 4.90 Å². The summed E-state index contributed by atoms with van der Waals surface area (Å²) >= 11 is 0. The Kier molecular flexibility index (Phi) is 8.75. The molecule has 9 nitrogen and oxygen atoms in total. The van der Waals surface area contributed by atoms with Gasteiger partial charge in [-0.2, -0.15) is 0 Å². The Hall–Kier alpha value is -0.810. The van der Waals surface area contributed by atoms with Crippen molar-refractivity contribution in [2.75, 3.05) is 32.9 Å². The number of aliphatic hydroxyl groups is 3. The van der Waals surface area contributed by atoms with Crippen LogP contribution in [0.25, 0.3) is 0 Å². The first-order valence-electron chi connectivity index (χ1n) is 20.4. The highest BCUT2D eigenvalue weighted by Crippen LogP contribution is 2.89. The van der Waals surface area contributed by atoms with E-state index in [0.717, 1.165) is 58.2 Å². The first kappa shape index (κ1) is 36.2. The number of fused-ring (bicyclic) bond motifs is 4. The third kappa shape index (κ3) is 5.05. The van der Waals surface area contributed by atoms with Crippen molar-refractivity contribution in [3.63, 3.8) is 0 Å². The molecule has 8 aliphatic rings. The van der Waals surface area contributed by atoms with Crippen LogP contribution in [0.15, 0.2) is 0 Å². The molecule has 8 rings (SSSR count). The second-order valence-corrected chi connectivity index (χ2v) is 20.2. The zero-order valence-electron chi connectivity index (χ0n) is 32.0. The maximum absolute atomic E-state index is 13.3. The molecule has 3 N–H and O–H groups in total. The average molecular weight is 702 g/mol. The fraction of sp³-hybridized carbons (Fsp3) is 0.976. The van der Waals surface area contributed by atoms with Crippen LogP contribution in [0.2, 0.25) is 0 Å². The molecular weight excluding hydrogens is 634 g/mol. The minimum Gasteiger partial charge on any atom is -0.390 e. The van der Waals surface area contributed by atoms with E-state index in [0.29, 0.717) is 50.3 Å². The molecule has 284 valence electrons. The van der Waals surface area contributed by atoms with Crippen LogP contribution in [0.5, 0.6) is 0 Å². The zero-order chi connectivity index (χ0) is 35.6. The molecule has 1 amide bonds. The number of carbonyl (C=O) groups is 1. The number of aliphatic hydroxyl groups excluding tert-OH is 2. The Labute approximate surface area is 300 Å². The van der Waals surface area contributed by atoms with Gasteiger partial charge in [-0.1, -0.05) is 34.6 Å². The smallest absolute Gasteiger partial charge is 0.223 e. The predicted octanol–water partition coefficient (Wildman–Crippen LogP) is 5.32. The van der Waals surface area contributed by atoms with Gasteiger partial charge >= 0.3 is 0 Å². The number of morpholine rings is 1. The van der Waals surface area contributed by atoms with E-state index in [2.05, 4.69) is 34.6 Å². The average Bonchev–Trinajstić information content (AvgIpc) is 3.70. The van der Waals surface area contributed by atoms with Crippen LogP contribution in [0.4, 0.5) is 0 Å². The van der Waals surface area contributed by atoms with Crippen LogP contribution in [-0.4, -0.2) is 101 Å². The quantitative estimate of drug-likeness (QED) is 0.341. The topological polar surface area (TPSA) is 118 Å². The van der Waals surface area contributed by atoms with Gasteiger partial charge in [-0.3, -0.25) is 4.79 Å². The molecule has 50 heavy (non-hydrogen) atoms. The van der Waals surface area contributed by atoms with Gasteiger partial charge in [0.2, 0.25) is 5.91 Å². The Balaban J connectivity index is 0.974. The molecule has 2 spiro atoms. The van der Waals surface area contributed by atoms with E-state index in [-0.39, 0.29) is 63.3 Å². The third-order valence-corrected chi connectivity index (χ3v) is 17.3. The summed E-state index contributed by atoms with van der Waals surface area (Å²) in [5, 5.41) is 34.2. The van der Waals surface area contributed by atoms with Crippen molar-refractivity contribution < 1.29 is 39.1 Å². The highest BCUT2D eigenvalue weighted by Gasteiger charge is 2.84. The largest absolute Gasteiger partial charge is 0.390 e. The molecule has 14 unspecified atom stereocenters. The summed E-state index contributed by atoms with van der Waals surface area (Å²) < 4.78 is 25.3. The molecule has 0 bridgehead atoms. The normalized spacial score (nSPS) is 50.7. The maximum Gasteiger partial charge on any atom is 0.223 e. The van der Waals surface area contributed by atoms with E-state index >= 15 is 0 Å². The number of nitrogens with zero attached hydrogens (tertiary/aromatic N) is 1. The summed E-state index contributed by atoms with van der Waals surface area (Å²) in [6, 6.07) is 0. The van der Waals surface area contributed by atoms with Crippen molar-refractivity contribution in [3.05, 3.63) is 0 Å². The van der Waals surface area contributed by atoms with Gasteiger partial charge in [-0.25, -0.2) is 0 Å². The monoisotopic (exact) mass is 701 g/mol. The minimum absolute atomic E-state index is 0.0213. The molecule has 5 saturated carbocycles. The van der Waals surface area contributed by atoms with Crippen molar-refractivity contribution in [2.45, 2.75) is 162 Å².